The third-order valence-electron chi connectivity index (χ3n) is 3.79. The van der Waals surface area contributed by atoms with Gasteiger partial charge in [-0.3, -0.25) is 0 Å². The molecule has 1 atom stereocenters. The normalized spacial score (nSPS) is 16.6. The van der Waals surface area contributed by atoms with Crippen LogP contribution in [-0.4, -0.2) is 11.0 Å². The number of hydrogen-bond acceptors (Lipinski definition) is 4. The van der Waals surface area contributed by atoms with E-state index in [2.05, 4.69) is 38.2 Å². The van der Waals surface area contributed by atoms with Crippen molar-refractivity contribution in [3.05, 3.63) is 37.5 Å². The van der Waals surface area contributed by atoms with Crippen molar-refractivity contribution < 1.29 is 0 Å². The predicted molar refractivity (Wildman–Crippen MR) is 87.9 cm³/mol. The second kappa shape index (κ2) is 5.96. The molecule has 4 heteroatoms. The molecular weight excluding hydrogens is 284 g/mol. The molecule has 2 aromatic rings. The number of nitrogens with zero attached hydrogens (tertiary/aromatic N) is 1. The summed E-state index contributed by atoms with van der Waals surface area (Å²) in [5, 5.41) is 5.03. The molecule has 1 aliphatic rings. The van der Waals surface area contributed by atoms with Gasteiger partial charge in [-0.2, -0.15) is 0 Å². The summed E-state index contributed by atoms with van der Waals surface area (Å²) in [4.78, 5) is 9.14. The van der Waals surface area contributed by atoms with Gasteiger partial charge in [0, 0.05) is 20.7 Å². The SMILES string of the molecule is CCc1ccc(C(NC2CC2)c2nc(CC)c(C)s2)s1. The first-order valence-corrected chi connectivity index (χ1v) is 9.15. The molecule has 1 N–H and O–H groups in total. The first-order valence-electron chi connectivity index (χ1n) is 7.52. The Labute approximate surface area is 129 Å². The van der Waals surface area contributed by atoms with Crippen LogP contribution >= 0.6 is 22.7 Å². The first-order chi connectivity index (χ1) is 9.71. The number of thiazole rings is 1. The fourth-order valence-electron chi connectivity index (χ4n) is 2.40. The molecule has 0 bridgehead atoms. The molecule has 1 saturated carbocycles. The lowest BCUT2D eigenvalue weighted by molar-refractivity contribution is 0.604. The van der Waals surface area contributed by atoms with E-state index in [-0.39, 0.29) is 0 Å². The highest BCUT2D eigenvalue weighted by Crippen LogP contribution is 2.35. The first kappa shape index (κ1) is 14.2. The maximum Gasteiger partial charge on any atom is 0.115 e. The van der Waals surface area contributed by atoms with Gasteiger partial charge in [0.05, 0.1) is 11.7 Å². The maximum absolute atomic E-state index is 4.88. The largest absolute Gasteiger partial charge is 0.301 e. The fourth-order valence-corrected chi connectivity index (χ4v) is 4.58. The van der Waals surface area contributed by atoms with Crippen LogP contribution in [0, 0.1) is 6.92 Å². The molecule has 0 radical (unpaired) electrons. The standard InChI is InChI=1S/C16H22N2S2/c1-4-12-8-9-14(20-12)15(17-11-6-7-11)16-18-13(5-2)10(3)19-16/h8-9,11,15,17H,4-7H2,1-3H3. The van der Waals surface area contributed by atoms with Crippen LogP contribution in [0.1, 0.15) is 58.1 Å². The zero-order valence-electron chi connectivity index (χ0n) is 12.4. The van der Waals surface area contributed by atoms with E-state index in [0.29, 0.717) is 12.1 Å². The van der Waals surface area contributed by atoms with Crippen LogP contribution in [0.15, 0.2) is 12.1 Å². The summed E-state index contributed by atoms with van der Waals surface area (Å²) in [5.74, 6) is 0. The van der Waals surface area contributed by atoms with Gasteiger partial charge in [-0.25, -0.2) is 4.98 Å². The minimum Gasteiger partial charge on any atom is -0.301 e. The monoisotopic (exact) mass is 306 g/mol. The average molecular weight is 306 g/mol. The number of nitrogens with one attached hydrogen (secondary N) is 1. The number of aryl methyl sites for hydroxylation is 3. The fraction of sp³-hybridized carbons (Fsp3) is 0.562. The van der Waals surface area contributed by atoms with Gasteiger partial charge >= 0.3 is 0 Å². The van der Waals surface area contributed by atoms with Gasteiger partial charge in [0.1, 0.15) is 5.01 Å². The molecule has 0 saturated heterocycles. The summed E-state index contributed by atoms with van der Waals surface area (Å²) in [6, 6.07) is 5.55. The molecule has 108 valence electrons. The van der Waals surface area contributed by atoms with Crippen molar-refractivity contribution in [2.45, 2.75) is 58.5 Å². The third kappa shape index (κ3) is 2.97. The van der Waals surface area contributed by atoms with E-state index < -0.39 is 0 Å². The zero-order valence-corrected chi connectivity index (χ0v) is 14.0. The van der Waals surface area contributed by atoms with Crippen LogP contribution in [-0.2, 0) is 12.8 Å². The molecule has 1 fully saturated rings. The highest BCUT2D eigenvalue weighted by atomic mass is 32.1. The van der Waals surface area contributed by atoms with Crippen LogP contribution in [0.25, 0.3) is 0 Å². The molecule has 1 aliphatic carbocycles. The van der Waals surface area contributed by atoms with Gasteiger partial charge in [0.15, 0.2) is 0 Å². The lowest BCUT2D eigenvalue weighted by Crippen LogP contribution is -2.23. The molecule has 2 heterocycles. The van der Waals surface area contributed by atoms with E-state index in [1.807, 2.05) is 22.7 Å². The second-order valence-corrected chi connectivity index (χ2v) is 7.87. The molecule has 20 heavy (non-hydrogen) atoms. The van der Waals surface area contributed by atoms with Crippen molar-refractivity contribution in [1.29, 1.82) is 0 Å². The summed E-state index contributed by atoms with van der Waals surface area (Å²) in [6.45, 7) is 6.61. The summed E-state index contributed by atoms with van der Waals surface area (Å²) in [6.07, 6.45) is 4.78. The van der Waals surface area contributed by atoms with Crippen LogP contribution in [0.3, 0.4) is 0 Å². The second-order valence-electron chi connectivity index (χ2n) is 5.44. The van der Waals surface area contributed by atoms with E-state index in [0.717, 1.165) is 12.8 Å². The quantitative estimate of drug-likeness (QED) is 0.851. The summed E-state index contributed by atoms with van der Waals surface area (Å²) < 4.78 is 0. The van der Waals surface area contributed by atoms with Crippen molar-refractivity contribution in [3.8, 4) is 0 Å². The Morgan fingerprint density at radius 2 is 2.05 bits per heavy atom. The summed E-state index contributed by atoms with van der Waals surface area (Å²) >= 11 is 3.79. The third-order valence-corrected chi connectivity index (χ3v) is 6.16. The lowest BCUT2D eigenvalue weighted by atomic mass is 10.2. The van der Waals surface area contributed by atoms with Crippen molar-refractivity contribution in [2.75, 3.05) is 0 Å². The van der Waals surface area contributed by atoms with Crippen LogP contribution < -0.4 is 5.32 Å². The van der Waals surface area contributed by atoms with Crippen LogP contribution in [0.5, 0.6) is 0 Å². The van der Waals surface area contributed by atoms with Crippen molar-refractivity contribution in [3.63, 3.8) is 0 Å². The molecular formula is C16H22N2S2. The predicted octanol–water partition coefficient (Wildman–Crippen LogP) is 4.48. The van der Waals surface area contributed by atoms with Gasteiger partial charge < -0.3 is 5.32 Å². The van der Waals surface area contributed by atoms with E-state index >= 15 is 0 Å². The van der Waals surface area contributed by atoms with E-state index in [9.17, 15) is 0 Å². The molecule has 2 aromatic heterocycles. The summed E-state index contributed by atoms with van der Waals surface area (Å²) in [7, 11) is 0. The smallest absolute Gasteiger partial charge is 0.115 e. The Kier molecular flexibility index (Phi) is 4.24. The van der Waals surface area contributed by atoms with Crippen molar-refractivity contribution in [1.82, 2.24) is 10.3 Å². The van der Waals surface area contributed by atoms with Crippen LogP contribution in [0.2, 0.25) is 0 Å². The molecule has 2 nitrogen and oxygen atoms in total. The highest BCUT2D eigenvalue weighted by Gasteiger charge is 2.29. The number of hydrogen-bond donors (Lipinski definition) is 1. The van der Waals surface area contributed by atoms with Gasteiger partial charge in [-0.15, -0.1) is 22.7 Å². The Morgan fingerprint density at radius 3 is 2.60 bits per heavy atom. The Hall–Kier alpha value is -0.710. The molecule has 0 aromatic carbocycles. The van der Waals surface area contributed by atoms with Gasteiger partial charge in [0.25, 0.3) is 0 Å². The van der Waals surface area contributed by atoms with Gasteiger partial charge in [-0.1, -0.05) is 13.8 Å². The minimum absolute atomic E-state index is 0.303. The van der Waals surface area contributed by atoms with E-state index in [1.54, 1.807) is 0 Å². The maximum atomic E-state index is 4.88. The van der Waals surface area contributed by atoms with Gasteiger partial charge in [-0.05, 0) is 44.7 Å². The minimum atomic E-state index is 0.303. The Bertz CT molecular complexity index is 581. The zero-order chi connectivity index (χ0) is 14.1. The molecule has 0 spiro atoms. The van der Waals surface area contributed by atoms with Crippen molar-refractivity contribution >= 4 is 22.7 Å². The lowest BCUT2D eigenvalue weighted by Gasteiger charge is -2.14. The van der Waals surface area contributed by atoms with Crippen LogP contribution in [0.4, 0.5) is 0 Å². The number of aromatic nitrogens is 1. The molecule has 0 amide bonds. The number of rotatable bonds is 6. The van der Waals surface area contributed by atoms with Crippen molar-refractivity contribution in [2.24, 2.45) is 0 Å². The highest BCUT2D eigenvalue weighted by molar-refractivity contribution is 7.13. The molecule has 0 aliphatic heterocycles. The molecule has 1 unspecified atom stereocenters. The molecule has 3 rings (SSSR count). The topological polar surface area (TPSA) is 24.9 Å². The summed E-state index contributed by atoms with van der Waals surface area (Å²) in [5.41, 5.74) is 1.26. The van der Waals surface area contributed by atoms with E-state index in [4.69, 9.17) is 4.98 Å². The Balaban J connectivity index is 1.91. The van der Waals surface area contributed by atoms with Gasteiger partial charge in [0.2, 0.25) is 0 Å². The number of thiophene rings is 1. The Morgan fingerprint density at radius 1 is 1.25 bits per heavy atom. The average Bonchev–Trinajstić information content (AvgIpc) is 3.01. The van der Waals surface area contributed by atoms with E-state index in [1.165, 1.54) is 38.2 Å².